The van der Waals surface area contributed by atoms with Crippen molar-refractivity contribution in [1.82, 2.24) is 5.06 Å². The monoisotopic (exact) mass is 355 g/mol. The van der Waals surface area contributed by atoms with E-state index in [0.717, 1.165) is 14.4 Å². The van der Waals surface area contributed by atoms with Crippen molar-refractivity contribution < 1.29 is 0 Å². The van der Waals surface area contributed by atoms with Gasteiger partial charge >= 0.3 is 0 Å². The van der Waals surface area contributed by atoms with Crippen LogP contribution < -0.4 is 5.73 Å². The van der Waals surface area contributed by atoms with Gasteiger partial charge in [0.2, 0.25) is 0 Å². The van der Waals surface area contributed by atoms with E-state index < -0.39 is 20.7 Å². The lowest BCUT2D eigenvalue weighted by Crippen LogP contribution is -2.05. The van der Waals surface area contributed by atoms with E-state index in [4.69, 9.17) is 5.73 Å². The lowest BCUT2D eigenvalue weighted by atomic mass is 10.3. The molecule has 94 valence electrons. The van der Waals surface area contributed by atoms with Crippen LogP contribution >= 0.6 is 20.7 Å². The highest BCUT2D eigenvalue weighted by atomic mass is 127. The highest BCUT2D eigenvalue weighted by Crippen LogP contribution is 2.16. The predicted molar refractivity (Wildman–Crippen MR) is 82.8 cm³/mol. The second kappa shape index (κ2) is 6.41. The van der Waals surface area contributed by atoms with Crippen LogP contribution in [-0.2, 0) is 0 Å². The Morgan fingerprint density at radius 3 is 2.72 bits per heavy atom. The Morgan fingerprint density at radius 2 is 1.94 bits per heavy atom. The summed E-state index contributed by atoms with van der Waals surface area (Å²) in [4.78, 5) is 0. The number of allylic oxidation sites excluding steroid dienone is 2. The minimum absolute atomic E-state index is 0.434. The number of hydroxylamine groups is 2. The Balaban J connectivity index is 2.10. The summed E-state index contributed by atoms with van der Waals surface area (Å²) in [5.41, 5.74) is 7.04. The number of rotatable bonds is 2. The number of nitrogens with zero attached hydrogens (tertiary/aromatic N) is 3. The maximum atomic E-state index is 11.2. The number of alkyl halides is 1. The van der Waals surface area contributed by atoms with Gasteiger partial charge in [-0.15, -0.1) is 5.11 Å². The lowest BCUT2D eigenvalue weighted by molar-refractivity contribution is 0.619. The summed E-state index contributed by atoms with van der Waals surface area (Å²) >= 11 is -0.434. The summed E-state index contributed by atoms with van der Waals surface area (Å²) in [5, 5.41) is 20.5. The van der Waals surface area contributed by atoms with Gasteiger partial charge in [-0.1, -0.05) is 26.8 Å². The van der Waals surface area contributed by atoms with Crippen molar-refractivity contribution in [1.29, 1.82) is 0 Å². The Labute approximate surface area is 115 Å². The quantitative estimate of drug-likeness (QED) is 0.291. The zero-order valence-corrected chi connectivity index (χ0v) is 11.7. The molecule has 0 amide bonds. The molecule has 1 aliphatic rings. The van der Waals surface area contributed by atoms with E-state index in [1.165, 1.54) is 6.20 Å². The van der Waals surface area contributed by atoms with Crippen molar-refractivity contribution in [3.05, 3.63) is 53.9 Å². The van der Waals surface area contributed by atoms with Gasteiger partial charge in [-0.25, -0.2) is 0 Å². The van der Waals surface area contributed by atoms with Crippen LogP contribution in [-0.4, -0.2) is 13.2 Å². The first-order chi connectivity index (χ1) is 8.74. The summed E-state index contributed by atoms with van der Waals surface area (Å²) in [6.07, 6.45) is 6.93. The van der Waals surface area contributed by atoms with Gasteiger partial charge in [0.1, 0.15) is 3.63 Å². The first-order valence-corrected chi connectivity index (χ1v) is 7.86. The second-order valence-electron chi connectivity index (χ2n) is 3.49. The van der Waals surface area contributed by atoms with Crippen LogP contribution in [0.15, 0.2) is 58.9 Å². The third-order valence-electron chi connectivity index (χ3n) is 2.07. The first-order valence-electron chi connectivity index (χ1n) is 5.26. The van der Waals surface area contributed by atoms with Gasteiger partial charge in [0.15, 0.2) is 0 Å². The molecule has 18 heavy (non-hydrogen) atoms. The van der Waals surface area contributed by atoms with Gasteiger partial charge < -0.3 is 16.0 Å². The molecule has 2 N–H and O–H groups in total. The highest BCUT2D eigenvalue weighted by Gasteiger charge is 1.94. The van der Waals surface area contributed by atoms with Crippen LogP contribution in [0, 0.1) is 5.21 Å². The molecule has 1 aliphatic heterocycles. The molecule has 0 saturated carbocycles. The van der Waals surface area contributed by atoms with Crippen LogP contribution in [0.3, 0.4) is 0 Å². The lowest BCUT2D eigenvalue weighted by Gasteiger charge is -2.23. The van der Waals surface area contributed by atoms with Gasteiger partial charge in [0.25, 0.3) is 0 Å². The molecule has 1 aromatic rings. The van der Waals surface area contributed by atoms with E-state index in [1.807, 2.05) is 18.2 Å². The van der Waals surface area contributed by atoms with Crippen molar-refractivity contribution in [2.75, 3.05) is 10.3 Å². The molecule has 0 spiro atoms. The fourth-order valence-electron chi connectivity index (χ4n) is 1.19. The van der Waals surface area contributed by atoms with Crippen LogP contribution in [0.25, 0.3) is 0 Å². The van der Waals surface area contributed by atoms with Gasteiger partial charge in [-0.05, 0) is 42.6 Å². The Bertz CT molecular complexity index is 519. The number of anilines is 1. The number of nitrogens with two attached hydrogens (primary N) is 1. The van der Waals surface area contributed by atoms with Gasteiger partial charge in [0, 0.05) is 5.69 Å². The van der Waals surface area contributed by atoms with Crippen LogP contribution in [0.5, 0.6) is 0 Å². The number of hydrogen-bond donors (Lipinski definition) is 1. The molecule has 1 heterocycles. The predicted octanol–water partition coefficient (Wildman–Crippen LogP) is 3.29. The summed E-state index contributed by atoms with van der Waals surface area (Å²) in [6.45, 7) is 0. The van der Waals surface area contributed by atoms with Gasteiger partial charge in [-0.3, -0.25) is 0 Å². The fourth-order valence-corrected chi connectivity index (χ4v) is 2.83. The zero-order chi connectivity index (χ0) is 12.8. The largest absolute Gasteiger partial charge is 0.758 e. The van der Waals surface area contributed by atoms with E-state index in [0.29, 0.717) is 10.2 Å². The smallest absolute Gasteiger partial charge is 0.116 e. The Morgan fingerprint density at radius 1 is 1.17 bits per heavy atom. The van der Waals surface area contributed by atoms with Crippen molar-refractivity contribution >= 4 is 35.7 Å². The average molecular weight is 355 g/mol. The van der Waals surface area contributed by atoms with Crippen molar-refractivity contribution in [3.63, 3.8) is 0 Å². The molecule has 1 aromatic carbocycles. The summed E-state index contributed by atoms with van der Waals surface area (Å²) in [6, 6.07) is 7.18. The maximum absolute atomic E-state index is 11.2. The van der Waals surface area contributed by atoms with E-state index in [9.17, 15) is 5.21 Å². The molecule has 0 fully saturated rings. The van der Waals surface area contributed by atoms with Gasteiger partial charge in [0.05, 0.1) is 10.2 Å². The Hall–Kier alpha value is -1.54. The van der Waals surface area contributed by atoms with Gasteiger partial charge in [-0.2, -0.15) is 5.11 Å². The molecule has 0 atom stereocenters. The molecule has 0 unspecified atom stereocenters. The number of hydrogen-bond acceptors (Lipinski definition) is 5. The molecular formula is C12H12IN4O-. The molecule has 0 radical (unpaired) electrons. The van der Waals surface area contributed by atoms with Crippen LogP contribution in [0.4, 0.5) is 11.4 Å². The summed E-state index contributed by atoms with van der Waals surface area (Å²) in [7, 11) is 0. The molecule has 0 aromatic heterocycles. The maximum Gasteiger partial charge on any atom is 0.116 e. The number of azo groups is 1. The van der Waals surface area contributed by atoms with Crippen molar-refractivity contribution in [3.8, 4) is 0 Å². The van der Waals surface area contributed by atoms with E-state index in [1.54, 1.807) is 24.3 Å². The standard InChI is InChI=1S/C12H12IN4O/c14-10-4-6-11(7-5-10)15-16-12-3-1-2-8-17(18)9-13-12/h1-8H,9,14H2/q-1. The average Bonchev–Trinajstić information content (AvgIpc) is 2.36. The Kier molecular flexibility index (Phi) is 4.59. The zero-order valence-electron chi connectivity index (χ0n) is 9.53. The third kappa shape index (κ3) is 4.04. The number of halogens is 1. The molecule has 5 nitrogen and oxygen atoms in total. The molecule has 0 saturated heterocycles. The molecular weight excluding hydrogens is 343 g/mol. The van der Waals surface area contributed by atoms with E-state index in [2.05, 4.69) is 10.2 Å². The minimum Gasteiger partial charge on any atom is -0.758 e. The van der Waals surface area contributed by atoms with E-state index >= 15 is 0 Å². The second-order valence-corrected chi connectivity index (χ2v) is 6.04. The fraction of sp³-hybridized carbons (Fsp3) is 0.0833. The topological polar surface area (TPSA) is 77.0 Å². The first kappa shape index (κ1) is 12.9. The number of nitrogen functional groups attached to an aromatic ring is 1. The summed E-state index contributed by atoms with van der Waals surface area (Å²) in [5.74, 6) is 0. The normalized spacial score (nSPS) is 16.1. The molecule has 6 heteroatoms. The minimum atomic E-state index is -0.434. The van der Waals surface area contributed by atoms with Crippen molar-refractivity contribution in [2.24, 2.45) is 10.2 Å². The molecule has 2 rings (SSSR count). The highest BCUT2D eigenvalue weighted by molar-refractivity contribution is 14.2. The molecule has 0 aliphatic carbocycles. The summed E-state index contributed by atoms with van der Waals surface area (Å²) < 4.78 is 1.38. The van der Waals surface area contributed by atoms with E-state index in [-0.39, 0.29) is 0 Å². The van der Waals surface area contributed by atoms with Crippen LogP contribution in [0.2, 0.25) is 0 Å². The van der Waals surface area contributed by atoms with Crippen molar-refractivity contribution in [2.45, 2.75) is 0 Å². The number of benzene rings is 1. The SMILES string of the molecule is Nc1ccc(N=NC2=ICN([O-])C=CC=C2)cc1. The van der Waals surface area contributed by atoms with Crippen LogP contribution in [0.1, 0.15) is 0 Å². The third-order valence-corrected chi connectivity index (χ3v) is 4.44. The molecule has 0 bridgehead atoms.